The van der Waals surface area contributed by atoms with Crippen LogP contribution < -0.4 is 15.8 Å². The number of para-hydroxylation sites is 1. The molecular formula is C16H20BrN3OS. The van der Waals surface area contributed by atoms with Gasteiger partial charge in [0, 0.05) is 12.7 Å². The summed E-state index contributed by atoms with van der Waals surface area (Å²) >= 11 is 8.63. The predicted molar refractivity (Wildman–Crippen MR) is 97.9 cm³/mol. The normalized spacial score (nSPS) is 20.0. The number of benzene rings is 1. The lowest BCUT2D eigenvalue weighted by Crippen LogP contribution is -2.55. The summed E-state index contributed by atoms with van der Waals surface area (Å²) in [6.45, 7) is 3.44. The van der Waals surface area contributed by atoms with Crippen molar-refractivity contribution >= 4 is 33.3 Å². The van der Waals surface area contributed by atoms with Crippen molar-refractivity contribution in [2.24, 2.45) is 5.73 Å². The summed E-state index contributed by atoms with van der Waals surface area (Å²) < 4.78 is 5.09. The first-order valence-corrected chi connectivity index (χ1v) is 8.35. The number of nitrogens with one attached hydrogen (secondary N) is 1. The lowest BCUT2D eigenvalue weighted by atomic mass is 10.1. The number of ether oxygens (including phenoxy) is 1. The number of hydrogen-bond donors (Lipinski definition) is 2. The monoisotopic (exact) mass is 381 g/mol. The fraction of sp³-hybridized carbons (Fsp3) is 0.312. The zero-order chi connectivity index (χ0) is 16.0. The third-order valence-corrected chi connectivity index (χ3v) is 4.33. The van der Waals surface area contributed by atoms with E-state index in [1.165, 1.54) is 5.56 Å². The maximum Gasteiger partial charge on any atom is 0.189 e. The van der Waals surface area contributed by atoms with Gasteiger partial charge in [0.25, 0.3) is 0 Å². The molecule has 1 aromatic carbocycles. The fourth-order valence-electron chi connectivity index (χ4n) is 2.31. The predicted octanol–water partition coefficient (Wildman–Crippen LogP) is 2.90. The molecule has 6 heteroatoms. The standard InChI is InChI=1S/C16H20BrN3OS/c1-2-21-14-8-4-3-7-13(14)9-12-20-11-6-5-10-16(20,17)19-15(18)22/h3-8,10-11H,2,9,12H2,1H3,(H3,18,19,22). The van der Waals surface area contributed by atoms with Crippen LogP contribution in [0.3, 0.4) is 0 Å². The Balaban J connectivity index is 2.08. The Morgan fingerprint density at radius 1 is 1.41 bits per heavy atom. The molecule has 22 heavy (non-hydrogen) atoms. The van der Waals surface area contributed by atoms with Crippen LogP contribution in [0.1, 0.15) is 12.5 Å². The van der Waals surface area contributed by atoms with Gasteiger partial charge in [0.1, 0.15) is 5.75 Å². The van der Waals surface area contributed by atoms with Crippen molar-refractivity contribution in [2.45, 2.75) is 17.9 Å². The second kappa shape index (κ2) is 7.65. The Bertz CT molecular complexity index is 591. The molecule has 1 atom stereocenters. The molecule has 1 aromatic rings. The number of hydrogen-bond acceptors (Lipinski definition) is 3. The summed E-state index contributed by atoms with van der Waals surface area (Å²) in [5.74, 6) is 0.934. The van der Waals surface area contributed by atoms with Crippen molar-refractivity contribution in [3.8, 4) is 5.75 Å². The van der Waals surface area contributed by atoms with Gasteiger partial charge in [-0.25, -0.2) is 0 Å². The van der Waals surface area contributed by atoms with Crippen LogP contribution >= 0.6 is 28.1 Å². The van der Waals surface area contributed by atoms with Gasteiger partial charge in [-0.1, -0.05) is 24.3 Å². The quantitative estimate of drug-likeness (QED) is 0.450. The third kappa shape index (κ3) is 4.24. The van der Waals surface area contributed by atoms with Crippen LogP contribution in [0.25, 0.3) is 0 Å². The second-order valence-electron chi connectivity index (χ2n) is 4.85. The SMILES string of the molecule is CCOc1ccccc1CCN1C=CC=CC1(Br)NC(N)=S. The van der Waals surface area contributed by atoms with E-state index in [-0.39, 0.29) is 5.11 Å². The molecule has 118 valence electrons. The first kappa shape index (κ1) is 16.8. The highest BCUT2D eigenvalue weighted by atomic mass is 79.9. The van der Waals surface area contributed by atoms with E-state index in [0.29, 0.717) is 6.61 Å². The second-order valence-corrected chi connectivity index (χ2v) is 6.50. The number of nitrogens with zero attached hydrogens (tertiary/aromatic N) is 1. The van der Waals surface area contributed by atoms with Crippen LogP contribution in [0, 0.1) is 0 Å². The van der Waals surface area contributed by atoms with Gasteiger partial charge in [-0.3, -0.25) is 0 Å². The highest BCUT2D eigenvalue weighted by Crippen LogP contribution is 2.27. The Labute approximate surface area is 145 Å². The van der Waals surface area contributed by atoms with Crippen molar-refractivity contribution in [1.29, 1.82) is 0 Å². The lowest BCUT2D eigenvalue weighted by Gasteiger charge is -2.39. The minimum atomic E-state index is -0.589. The Morgan fingerprint density at radius 2 is 2.18 bits per heavy atom. The lowest BCUT2D eigenvalue weighted by molar-refractivity contribution is 0.276. The number of nitrogens with two attached hydrogens (primary N) is 1. The molecule has 0 radical (unpaired) electrons. The smallest absolute Gasteiger partial charge is 0.189 e. The summed E-state index contributed by atoms with van der Waals surface area (Å²) in [5, 5.41) is 3.31. The molecule has 2 rings (SSSR count). The maximum absolute atomic E-state index is 5.67. The van der Waals surface area contributed by atoms with Crippen LogP contribution in [0.15, 0.2) is 48.7 Å². The largest absolute Gasteiger partial charge is 0.494 e. The molecule has 1 aliphatic heterocycles. The molecule has 1 aliphatic rings. The van der Waals surface area contributed by atoms with Gasteiger partial charge >= 0.3 is 0 Å². The fourth-order valence-corrected chi connectivity index (χ4v) is 3.26. The van der Waals surface area contributed by atoms with Crippen LogP contribution in [0.5, 0.6) is 5.75 Å². The van der Waals surface area contributed by atoms with Gasteiger partial charge < -0.3 is 20.7 Å². The van der Waals surface area contributed by atoms with Crippen LogP contribution in [0.2, 0.25) is 0 Å². The molecule has 3 N–H and O–H groups in total. The summed E-state index contributed by atoms with van der Waals surface area (Å²) in [6, 6.07) is 8.10. The minimum absolute atomic E-state index is 0.247. The first-order chi connectivity index (χ1) is 10.5. The van der Waals surface area contributed by atoms with E-state index in [4.69, 9.17) is 22.7 Å². The molecule has 4 nitrogen and oxygen atoms in total. The first-order valence-electron chi connectivity index (χ1n) is 7.15. The van der Waals surface area contributed by atoms with E-state index < -0.39 is 4.57 Å². The van der Waals surface area contributed by atoms with E-state index in [1.54, 1.807) is 0 Å². The molecule has 0 amide bonds. The molecule has 0 aliphatic carbocycles. The maximum atomic E-state index is 5.67. The van der Waals surface area contributed by atoms with Gasteiger partial charge in [0.2, 0.25) is 0 Å². The average molecular weight is 382 g/mol. The minimum Gasteiger partial charge on any atom is -0.494 e. The van der Waals surface area contributed by atoms with Crippen molar-refractivity contribution in [2.75, 3.05) is 13.2 Å². The van der Waals surface area contributed by atoms with Crippen molar-refractivity contribution in [1.82, 2.24) is 10.2 Å². The molecule has 0 spiro atoms. The van der Waals surface area contributed by atoms with E-state index in [1.807, 2.05) is 49.6 Å². The summed E-state index contributed by atoms with van der Waals surface area (Å²) in [7, 11) is 0. The number of thiocarbonyl (C=S) groups is 1. The highest BCUT2D eigenvalue weighted by molar-refractivity contribution is 9.10. The summed E-state index contributed by atoms with van der Waals surface area (Å²) in [4.78, 5) is 2.11. The number of rotatable bonds is 6. The van der Waals surface area contributed by atoms with Crippen molar-refractivity contribution in [3.05, 3.63) is 54.3 Å². The molecule has 0 saturated heterocycles. The third-order valence-electron chi connectivity index (χ3n) is 3.31. The van der Waals surface area contributed by atoms with E-state index >= 15 is 0 Å². The molecule has 0 fully saturated rings. The van der Waals surface area contributed by atoms with Crippen molar-refractivity contribution in [3.63, 3.8) is 0 Å². The Hall–Kier alpha value is -1.53. The molecule has 0 saturated carbocycles. The number of allylic oxidation sites excluding steroid dienone is 2. The van der Waals surface area contributed by atoms with Crippen LogP contribution in [-0.2, 0) is 6.42 Å². The van der Waals surface area contributed by atoms with Gasteiger partial charge in [-0.05, 0) is 65.3 Å². The van der Waals surface area contributed by atoms with E-state index in [0.717, 1.165) is 18.7 Å². The highest BCUT2D eigenvalue weighted by Gasteiger charge is 2.30. The molecule has 0 bridgehead atoms. The van der Waals surface area contributed by atoms with Crippen molar-refractivity contribution < 1.29 is 4.74 Å². The van der Waals surface area contributed by atoms with Gasteiger partial charge in [0.15, 0.2) is 9.68 Å². The van der Waals surface area contributed by atoms with E-state index in [9.17, 15) is 0 Å². The van der Waals surface area contributed by atoms with Gasteiger partial charge in [-0.2, -0.15) is 0 Å². The zero-order valence-corrected chi connectivity index (χ0v) is 14.9. The molecule has 0 aromatic heterocycles. The topological polar surface area (TPSA) is 50.5 Å². The molecular weight excluding hydrogens is 362 g/mol. The zero-order valence-electron chi connectivity index (χ0n) is 12.5. The van der Waals surface area contributed by atoms with E-state index in [2.05, 4.69) is 32.2 Å². The Morgan fingerprint density at radius 3 is 2.91 bits per heavy atom. The van der Waals surface area contributed by atoms with Gasteiger partial charge in [-0.15, -0.1) is 0 Å². The average Bonchev–Trinajstić information content (AvgIpc) is 2.47. The van der Waals surface area contributed by atoms with Gasteiger partial charge in [0.05, 0.1) is 6.61 Å². The van der Waals surface area contributed by atoms with Crippen LogP contribution in [0.4, 0.5) is 0 Å². The summed E-state index contributed by atoms with van der Waals surface area (Å²) in [6.07, 6.45) is 8.75. The molecule has 1 unspecified atom stereocenters. The summed E-state index contributed by atoms with van der Waals surface area (Å²) in [5.41, 5.74) is 6.81. The Kier molecular flexibility index (Phi) is 5.85. The number of halogens is 1. The number of alkyl halides is 1. The van der Waals surface area contributed by atoms with Crippen LogP contribution in [-0.4, -0.2) is 27.7 Å². The molecule has 1 heterocycles.